The van der Waals surface area contributed by atoms with Gasteiger partial charge in [0.2, 0.25) is 0 Å². The van der Waals surface area contributed by atoms with Gasteiger partial charge in [0.25, 0.3) is 0 Å². The Bertz CT molecular complexity index is 1220. The number of carbonyl (C=O) groups excluding carboxylic acids is 1. The summed E-state index contributed by atoms with van der Waals surface area (Å²) in [6.45, 7) is 0.384. The topological polar surface area (TPSA) is 88.6 Å². The normalized spacial score (nSPS) is 12.5. The van der Waals surface area contributed by atoms with Crippen LogP contribution in [0.1, 0.15) is 17.0 Å². The number of hydrogen-bond donors (Lipinski definition) is 2. The van der Waals surface area contributed by atoms with E-state index in [1.54, 1.807) is 14.2 Å². The number of nitrogens with zero attached hydrogens (tertiary/aromatic N) is 2. The molecule has 4 rings (SSSR count). The summed E-state index contributed by atoms with van der Waals surface area (Å²) in [7, 11) is 3.25. The Balaban J connectivity index is 1.59. The highest BCUT2D eigenvalue weighted by Gasteiger charge is 2.16. The van der Waals surface area contributed by atoms with E-state index >= 15 is 0 Å². The van der Waals surface area contributed by atoms with Gasteiger partial charge in [-0.1, -0.05) is 54.6 Å². The summed E-state index contributed by atoms with van der Waals surface area (Å²) in [5, 5.41) is 2.99. The Morgan fingerprint density at radius 3 is 2.41 bits per heavy atom. The minimum atomic E-state index is -0.429. The second kappa shape index (κ2) is 11.2. The van der Waals surface area contributed by atoms with Crippen LogP contribution in [0.4, 0.5) is 4.79 Å². The number of carbonyl (C=O) groups is 1. The van der Waals surface area contributed by atoms with Crippen LogP contribution in [0.2, 0.25) is 0 Å². The SMILES string of the molecule is COCC(Cc1ccccc1)NC(=O)N=C(Cc1ccc(OC)cc1)c1nc2ccccc2[nH]1. The molecule has 1 unspecified atom stereocenters. The molecule has 0 aliphatic carbocycles. The molecule has 0 spiro atoms. The number of amides is 2. The van der Waals surface area contributed by atoms with Crippen molar-refractivity contribution in [3.63, 3.8) is 0 Å². The highest BCUT2D eigenvalue weighted by molar-refractivity contribution is 6.06. The van der Waals surface area contributed by atoms with Gasteiger partial charge in [-0.15, -0.1) is 0 Å². The van der Waals surface area contributed by atoms with Gasteiger partial charge in [-0.05, 0) is 41.8 Å². The third-order valence-electron chi connectivity index (χ3n) is 5.45. The molecule has 7 nitrogen and oxygen atoms in total. The lowest BCUT2D eigenvalue weighted by molar-refractivity contribution is 0.166. The number of imidazole rings is 1. The summed E-state index contributed by atoms with van der Waals surface area (Å²) in [6, 6.07) is 24.8. The lowest BCUT2D eigenvalue weighted by Gasteiger charge is -2.17. The van der Waals surface area contributed by atoms with Gasteiger partial charge in [-0.3, -0.25) is 0 Å². The van der Waals surface area contributed by atoms with Crippen LogP contribution in [0.25, 0.3) is 11.0 Å². The molecular formula is C27H28N4O3. The molecule has 0 bridgehead atoms. The fourth-order valence-corrected chi connectivity index (χ4v) is 3.78. The summed E-state index contributed by atoms with van der Waals surface area (Å²) in [5.74, 6) is 1.34. The van der Waals surface area contributed by atoms with Gasteiger partial charge < -0.3 is 19.8 Å². The third-order valence-corrected chi connectivity index (χ3v) is 5.45. The molecule has 4 aromatic rings. The van der Waals surface area contributed by atoms with Gasteiger partial charge in [0.1, 0.15) is 5.75 Å². The van der Waals surface area contributed by atoms with Crippen LogP contribution in [-0.2, 0) is 17.6 Å². The van der Waals surface area contributed by atoms with E-state index in [-0.39, 0.29) is 6.04 Å². The first kappa shape index (κ1) is 23.2. The summed E-state index contributed by atoms with van der Waals surface area (Å²) in [6.07, 6.45) is 1.08. The molecular weight excluding hydrogens is 428 g/mol. The van der Waals surface area contributed by atoms with E-state index in [4.69, 9.17) is 9.47 Å². The van der Waals surface area contributed by atoms with E-state index in [0.717, 1.165) is 27.9 Å². The Morgan fingerprint density at radius 2 is 1.71 bits per heavy atom. The molecule has 34 heavy (non-hydrogen) atoms. The van der Waals surface area contributed by atoms with Gasteiger partial charge in [0, 0.05) is 13.5 Å². The molecule has 0 saturated heterocycles. The lowest BCUT2D eigenvalue weighted by atomic mass is 10.1. The molecule has 0 aliphatic heterocycles. The minimum Gasteiger partial charge on any atom is -0.497 e. The molecule has 0 aliphatic rings. The van der Waals surface area contributed by atoms with Crippen LogP contribution in [0.15, 0.2) is 83.9 Å². The van der Waals surface area contributed by atoms with Crippen molar-refractivity contribution >= 4 is 22.8 Å². The molecule has 1 aromatic heterocycles. The van der Waals surface area contributed by atoms with E-state index in [9.17, 15) is 4.79 Å². The zero-order valence-corrected chi connectivity index (χ0v) is 19.3. The maximum absolute atomic E-state index is 13.0. The second-order valence-corrected chi connectivity index (χ2v) is 7.98. The molecule has 0 fully saturated rings. The van der Waals surface area contributed by atoms with Crippen molar-refractivity contribution in [1.82, 2.24) is 15.3 Å². The maximum atomic E-state index is 13.0. The third kappa shape index (κ3) is 6.08. The number of benzene rings is 3. The Labute approximate surface area is 198 Å². The number of aromatic amines is 1. The maximum Gasteiger partial charge on any atom is 0.341 e. The molecule has 3 aromatic carbocycles. The fourth-order valence-electron chi connectivity index (χ4n) is 3.78. The van der Waals surface area contributed by atoms with Crippen molar-refractivity contribution < 1.29 is 14.3 Å². The standard InChI is InChI=1S/C27H28N4O3/c1-33-18-21(16-19-8-4-3-5-9-19)28-27(32)31-25(17-20-12-14-22(34-2)15-13-20)26-29-23-10-6-7-11-24(23)30-26/h3-15,21H,16-18H2,1-2H3,(H,28,32)(H,29,30). The predicted molar refractivity (Wildman–Crippen MR) is 134 cm³/mol. The average molecular weight is 457 g/mol. The van der Waals surface area contributed by atoms with Crippen molar-refractivity contribution in [2.75, 3.05) is 20.8 Å². The van der Waals surface area contributed by atoms with Gasteiger partial charge in [0.05, 0.1) is 36.5 Å². The van der Waals surface area contributed by atoms with Gasteiger partial charge in [-0.25, -0.2) is 9.78 Å². The minimum absolute atomic E-state index is 0.207. The van der Waals surface area contributed by atoms with Crippen molar-refractivity contribution in [3.05, 3.63) is 95.8 Å². The second-order valence-electron chi connectivity index (χ2n) is 7.98. The Kier molecular flexibility index (Phi) is 7.67. The number of urea groups is 1. The molecule has 174 valence electrons. The zero-order valence-electron chi connectivity index (χ0n) is 19.3. The number of aromatic nitrogens is 2. The van der Waals surface area contributed by atoms with Crippen LogP contribution in [0.5, 0.6) is 5.75 Å². The summed E-state index contributed by atoms with van der Waals surface area (Å²) in [4.78, 5) is 25.4. The van der Waals surface area contributed by atoms with E-state index < -0.39 is 6.03 Å². The first-order valence-electron chi connectivity index (χ1n) is 11.1. The van der Waals surface area contributed by atoms with E-state index in [1.807, 2.05) is 78.9 Å². The summed E-state index contributed by atoms with van der Waals surface area (Å²) < 4.78 is 10.6. The number of ether oxygens (including phenoxy) is 2. The van der Waals surface area contributed by atoms with Crippen LogP contribution in [-0.4, -0.2) is 48.6 Å². The first-order valence-corrected chi connectivity index (χ1v) is 11.1. The fraction of sp³-hybridized carbons (Fsp3) is 0.222. The Morgan fingerprint density at radius 1 is 0.971 bits per heavy atom. The quantitative estimate of drug-likeness (QED) is 0.361. The monoisotopic (exact) mass is 456 g/mol. The number of rotatable bonds is 9. The smallest absolute Gasteiger partial charge is 0.341 e. The first-order chi connectivity index (χ1) is 16.6. The number of H-pyrrole nitrogens is 1. The highest BCUT2D eigenvalue weighted by atomic mass is 16.5. The number of fused-ring (bicyclic) bond motifs is 1. The summed E-state index contributed by atoms with van der Waals surface area (Å²) in [5.41, 5.74) is 4.37. The molecule has 0 saturated carbocycles. The molecule has 7 heteroatoms. The predicted octanol–water partition coefficient (Wildman–Crippen LogP) is 4.57. The van der Waals surface area contributed by atoms with Crippen molar-refractivity contribution in [1.29, 1.82) is 0 Å². The number of hydrogen-bond acceptors (Lipinski definition) is 4. The van der Waals surface area contributed by atoms with Gasteiger partial charge in [-0.2, -0.15) is 4.99 Å². The number of para-hydroxylation sites is 2. The number of aliphatic imine (C=N–C) groups is 1. The van der Waals surface area contributed by atoms with Crippen molar-refractivity contribution in [3.8, 4) is 5.75 Å². The Hall–Kier alpha value is -3.97. The molecule has 2 N–H and O–H groups in total. The van der Waals surface area contributed by atoms with Crippen molar-refractivity contribution in [2.45, 2.75) is 18.9 Å². The molecule has 1 heterocycles. The van der Waals surface area contributed by atoms with E-state index in [2.05, 4.69) is 20.3 Å². The van der Waals surface area contributed by atoms with Crippen LogP contribution in [0.3, 0.4) is 0 Å². The van der Waals surface area contributed by atoms with E-state index in [1.165, 1.54) is 0 Å². The van der Waals surface area contributed by atoms with Crippen LogP contribution in [0, 0.1) is 0 Å². The highest BCUT2D eigenvalue weighted by Crippen LogP contribution is 2.16. The van der Waals surface area contributed by atoms with Crippen LogP contribution >= 0.6 is 0 Å². The lowest BCUT2D eigenvalue weighted by Crippen LogP contribution is -2.38. The van der Waals surface area contributed by atoms with Gasteiger partial charge in [0.15, 0.2) is 5.82 Å². The van der Waals surface area contributed by atoms with Crippen LogP contribution < -0.4 is 10.1 Å². The van der Waals surface area contributed by atoms with Crippen molar-refractivity contribution in [2.24, 2.45) is 4.99 Å². The average Bonchev–Trinajstić information content (AvgIpc) is 3.29. The molecule has 1 atom stereocenters. The number of nitrogens with one attached hydrogen (secondary N) is 2. The number of methoxy groups -OCH3 is 2. The zero-order chi connectivity index (χ0) is 23.8. The molecule has 2 amide bonds. The van der Waals surface area contributed by atoms with E-state index in [0.29, 0.717) is 31.0 Å². The molecule has 0 radical (unpaired) electrons. The largest absolute Gasteiger partial charge is 0.497 e. The van der Waals surface area contributed by atoms with Gasteiger partial charge >= 0.3 is 6.03 Å². The summed E-state index contributed by atoms with van der Waals surface area (Å²) >= 11 is 0.